The first kappa shape index (κ1) is 16.2. The molecule has 0 aromatic heterocycles. The van der Waals surface area contributed by atoms with Crippen LogP contribution in [-0.2, 0) is 19.6 Å². The smallest absolute Gasteiger partial charge is 0.242 e. The number of hydrogen-bond donors (Lipinski definition) is 2. The number of nitrogens with one attached hydrogen (secondary N) is 2. The summed E-state index contributed by atoms with van der Waals surface area (Å²) >= 11 is 0. The Bertz CT molecular complexity index is 498. The van der Waals surface area contributed by atoms with Crippen LogP contribution in [0.15, 0.2) is 0 Å². The van der Waals surface area contributed by atoms with Crippen molar-refractivity contribution in [1.29, 1.82) is 0 Å². The fourth-order valence-electron chi connectivity index (χ4n) is 2.78. The zero-order chi connectivity index (χ0) is 15.5. The maximum absolute atomic E-state index is 12.0. The van der Waals surface area contributed by atoms with E-state index in [9.17, 15) is 18.0 Å². The summed E-state index contributed by atoms with van der Waals surface area (Å²) in [4.78, 5) is 23.1. The summed E-state index contributed by atoms with van der Waals surface area (Å²) in [5.41, 5.74) is 0. The van der Waals surface area contributed by atoms with Crippen LogP contribution in [0.2, 0.25) is 0 Å². The van der Waals surface area contributed by atoms with E-state index in [1.807, 2.05) is 6.92 Å². The van der Waals surface area contributed by atoms with Crippen LogP contribution >= 0.6 is 0 Å². The van der Waals surface area contributed by atoms with Crippen LogP contribution < -0.4 is 10.6 Å². The molecule has 0 radical (unpaired) electrons. The van der Waals surface area contributed by atoms with Gasteiger partial charge in [0.15, 0.2) is 0 Å². The minimum absolute atomic E-state index is 0.0110. The van der Waals surface area contributed by atoms with Gasteiger partial charge >= 0.3 is 0 Å². The van der Waals surface area contributed by atoms with Crippen LogP contribution in [0.4, 0.5) is 0 Å². The van der Waals surface area contributed by atoms with Crippen LogP contribution in [0, 0.1) is 0 Å². The molecule has 1 unspecified atom stereocenters. The molecule has 2 heterocycles. The van der Waals surface area contributed by atoms with Gasteiger partial charge in [-0.25, -0.2) is 12.7 Å². The van der Waals surface area contributed by atoms with Gasteiger partial charge in [-0.3, -0.25) is 9.59 Å². The second-order valence-corrected chi connectivity index (χ2v) is 7.75. The molecule has 0 saturated carbocycles. The van der Waals surface area contributed by atoms with E-state index in [0.717, 1.165) is 0 Å². The Morgan fingerprint density at radius 3 is 2.52 bits per heavy atom. The van der Waals surface area contributed by atoms with E-state index in [2.05, 4.69) is 10.6 Å². The number of rotatable bonds is 5. The summed E-state index contributed by atoms with van der Waals surface area (Å²) in [6.07, 6.45) is 2.78. The molecule has 2 aliphatic heterocycles. The Morgan fingerprint density at radius 1 is 1.33 bits per heavy atom. The maximum Gasteiger partial charge on any atom is 0.242 e. The molecule has 7 nitrogen and oxygen atoms in total. The van der Waals surface area contributed by atoms with Crippen molar-refractivity contribution >= 4 is 21.8 Å². The first-order valence-corrected chi connectivity index (χ1v) is 9.11. The molecule has 1 atom stereocenters. The first-order chi connectivity index (χ1) is 9.92. The standard InChI is InChI=1S/C13H23N3O4S/c1-2-9-21(19,20)16-7-5-10(6-8-16)14-13(18)11-3-4-12(17)15-11/h10-11H,2-9H2,1H3,(H,14,18)(H,15,17). The second kappa shape index (κ2) is 6.74. The van der Waals surface area contributed by atoms with E-state index in [-0.39, 0.29) is 23.6 Å². The third-order valence-corrected chi connectivity index (χ3v) is 6.04. The van der Waals surface area contributed by atoms with Crippen molar-refractivity contribution in [1.82, 2.24) is 14.9 Å². The van der Waals surface area contributed by atoms with Crippen molar-refractivity contribution in [3.8, 4) is 0 Å². The Labute approximate surface area is 125 Å². The minimum atomic E-state index is -3.14. The summed E-state index contributed by atoms with van der Waals surface area (Å²) in [6.45, 7) is 2.75. The summed E-state index contributed by atoms with van der Waals surface area (Å²) < 4.78 is 25.4. The molecular formula is C13H23N3O4S. The fourth-order valence-corrected chi connectivity index (χ4v) is 4.32. The molecule has 2 saturated heterocycles. The zero-order valence-corrected chi connectivity index (χ0v) is 13.1. The predicted octanol–water partition coefficient (Wildman–Crippen LogP) is -0.415. The first-order valence-electron chi connectivity index (χ1n) is 7.50. The number of carbonyl (C=O) groups is 2. The second-order valence-electron chi connectivity index (χ2n) is 5.66. The van der Waals surface area contributed by atoms with Gasteiger partial charge in [-0.15, -0.1) is 0 Å². The molecule has 8 heteroatoms. The van der Waals surface area contributed by atoms with Crippen molar-refractivity contribution in [2.75, 3.05) is 18.8 Å². The monoisotopic (exact) mass is 317 g/mol. The molecule has 2 rings (SSSR count). The SMILES string of the molecule is CCCS(=O)(=O)N1CCC(NC(=O)C2CCC(=O)N2)CC1. The Hall–Kier alpha value is -1.15. The highest BCUT2D eigenvalue weighted by Gasteiger charge is 2.31. The molecule has 0 aromatic carbocycles. The largest absolute Gasteiger partial charge is 0.351 e. The van der Waals surface area contributed by atoms with Gasteiger partial charge in [0.1, 0.15) is 6.04 Å². The summed E-state index contributed by atoms with van der Waals surface area (Å²) in [6, 6.07) is -0.442. The highest BCUT2D eigenvalue weighted by molar-refractivity contribution is 7.89. The lowest BCUT2D eigenvalue weighted by Gasteiger charge is -2.32. The third kappa shape index (κ3) is 4.16. The van der Waals surface area contributed by atoms with Crippen molar-refractivity contribution in [3.05, 3.63) is 0 Å². The molecule has 120 valence electrons. The fraction of sp³-hybridized carbons (Fsp3) is 0.846. The van der Waals surface area contributed by atoms with Crippen molar-refractivity contribution < 1.29 is 18.0 Å². The van der Waals surface area contributed by atoms with E-state index in [4.69, 9.17) is 0 Å². The lowest BCUT2D eigenvalue weighted by atomic mass is 10.1. The molecule has 2 aliphatic rings. The van der Waals surface area contributed by atoms with E-state index >= 15 is 0 Å². The van der Waals surface area contributed by atoms with Gasteiger partial charge < -0.3 is 10.6 Å². The maximum atomic E-state index is 12.0. The van der Waals surface area contributed by atoms with Crippen molar-refractivity contribution in [3.63, 3.8) is 0 Å². The van der Waals surface area contributed by atoms with Gasteiger partial charge in [0.05, 0.1) is 5.75 Å². The molecule has 0 aromatic rings. The molecule has 0 bridgehead atoms. The topological polar surface area (TPSA) is 95.6 Å². The van der Waals surface area contributed by atoms with E-state index in [0.29, 0.717) is 45.2 Å². The zero-order valence-electron chi connectivity index (χ0n) is 12.3. The number of nitrogens with zero attached hydrogens (tertiary/aromatic N) is 1. The van der Waals surface area contributed by atoms with Gasteiger partial charge in [0, 0.05) is 25.6 Å². The molecular weight excluding hydrogens is 294 g/mol. The van der Waals surface area contributed by atoms with Crippen LogP contribution in [0.1, 0.15) is 39.0 Å². The van der Waals surface area contributed by atoms with Gasteiger partial charge in [-0.1, -0.05) is 6.92 Å². The molecule has 2 N–H and O–H groups in total. The van der Waals surface area contributed by atoms with Crippen molar-refractivity contribution in [2.24, 2.45) is 0 Å². The van der Waals surface area contributed by atoms with E-state index < -0.39 is 16.1 Å². The number of piperidine rings is 1. The van der Waals surface area contributed by atoms with Crippen LogP contribution in [-0.4, -0.2) is 55.5 Å². The number of sulfonamides is 1. The summed E-state index contributed by atoms with van der Waals surface area (Å²) in [5.74, 6) is -0.0654. The van der Waals surface area contributed by atoms with Gasteiger partial charge in [0.25, 0.3) is 0 Å². The molecule has 2 fully saturated rings. The molecule has 0 spiro atoms. The molecule has 2 amide bonds. The summed E-state index contributed by atoms with van der Waals surface area (Å²) in [7, 11) is -3.14. The Balaban J connectivity index is 1.79. The number of amides is 2. The Kier molecular flexibility index (Phi) is 5.21. The van der Waals surface area contributed by atoms with Gasteiger partial charge in [-0.2, -0.15) is 0 Å². The number of hydrogen-bond acceptors (Lipinski definition) is 4. The van der Waals surface area contributed by atoms with E-state index in [1.165, 1.54) is 4.31 Å². The average Bonchev–Trinajstić information content (AvgIpc) is 2.86. The van der Waals surface area contributed by atoms with Crippen molar-refractivity contribution in [2.45, 2.75) is 51.1 Å². The van der Waals surface area contributed by atoms with E-state index in [1.54, 1.807) is 0 Å². The van der Waals surface area contributed by atoms with Crippen LogP contribution in [0.25, 0.3) is 0 Å². The quantitative estimate of drug-likeness (QED) is 0.720. The minimum Gasteiger partial charge on any atom is -0.351 e. The highest BCUT2D eigenvalue weighted by Crippen LogP contribution is 2.16. The average molecular weight is 317 g/mol. The lowest BCUT2D eigenvalue weighted by molar-refractivity contribution is -0.126. The van der Waals surface area contributed by atoms with Gasteiger partial charge in [-0.05, 0) is 25.7 Å². The highest BCUT2D eigenvalue weighted by atomic mass is 32.2. The van der Waals surface area contributed by atoms with Crippen LogP contribution in [0.5, 0.6) is 0 Å². The van der Waals surface area contributed by atoms with Gasteiger partial charge in [0.2, 0.25) is 21.8 Å². The summed E-state index contributed by atoms with van der Waals surface area (Å²) in [5, 5.41) is 5.55. The third-order valence-electron chi connectivity index (χ3n) is 3.97. The Morgan fingerprint density at radius 2 is 2.00 bits per heavy atom. The predicted molar refractivity (Wildman–Crippen MR) is 78.0 cm³/mol. The molecule has 0 aliphatic carbocycles. The lowest BCUT2D eigenvalue weighted by Crippen LogP contribution is -2.50. The normalized spacial score (nSPS) is 24.8. The van der Waals surface area contributed by atoms with Crippen LogP contribution in [0.3, 0.4) is 0 Å². The number of carbonyl (C=O) groups excluding carboxylic acids is 2. The molecule has 21 heavy (non-hydrogen) atoms.